The second-order valence-electron chi connectivity index (χ2n) is 6.37. The molecule has 3 aromatic rings. The maximum absolute atomic E-state index is 14.1. The summed E-state index contributed by atoms with van der Waals surface area (Å²) in [5.41, 5.74) is 2.83. The van der Waals surface area contributed by atoms with E-state index in [1.165, 1.54) is 30.3 Å². The van der Waals surface area contributed by atoms with Crippen molar-refractivity contribution in [1.82, 2.24) is 14.4 Å². The predicted molar refractivity (Wildman–Crippen MR) is 117 cm³/mol. The highest BCUT2D eigenvalue weighted by Gasteiger charge is 2.27. The zero-order chi connectivity index (χ0) is 21.4. The fraction of sp³-hybridized carbons (Fsp3) is 0.364. The first-order valence-electron chi connectivity index (χ1n) is 9.81. The molecule has 29 heavy (non-hydrogen) atoms. The van der Waals surface area contributed by atoms with Crippen LogP contribution in [0.4, 0.5) is 13.2 Å². The van der Waals surface area contributed by atoms with Crippen molar-refractivity contribution in [3.05, 3.63) is 59.4 Å². The smallest absolute Gasteiger partial charge is 0.150 e. The Morgan fingerprint density at radius 2 is 1.55 bits per heavy atom. The van der Waals surface area contributed by atoms with Crippen molar-refractivity contribution in [3.8, 4) is 11.3 Å². The first kappa shape index (κ1) is 23.3. The molecular formula is C22H28F3N3S. The van der Waals surface area contributed by atoms with E-state index in [9.17, 15) is 13.2 Å². The molecule has 0 aliphatic heterocycles. The number of aromatic nitrogens is 1. The summed E-state index contributed by atoms with van der Waals surface area (Å²) in [4.78, 5) is 3.08. The molecule has 0 bridgehead atoms. The highest BCUT2D eigenvalue weighted by Crippen LogP contribution is 2.45. The van der Waals surface area contributed by atoms with Gasteiger partial charge in [-0.15, -0.1) is 0 Å². The average Bonchev–Trinajstić information content (AvgIpc) is 3.03. The van der Waals surface area contributed by atoms with Gasteiger partial charge in [-0.2, -0.15) is 0 Å². The second-order valence-corrected chi connectivity index (χ2v) is 7.39. The fourth-order valence-electron chi connectivity index (χ4n) is 3.31. The van der Waals surface area contributed by atoms with Crippen molar-refractivity contribution in [3.63, 3.8) is 0 Å². The van der Waals surface area contributed by atoms with Crippen molar-refractivity contribution >= 4 is 23.0 Å². The van der Waals surface area contributed by atoms with Crippen molar-refractivity contribution in [2.24, 2.45) is 0 Å². The van der Waals surface area contributed by atoms with Crippen LogP contribution in [0.3, 0.4) is 0 Å². The van der Waals surface area contributed by atoms with Gasteiger partial charge in [-0.05, 0) is 74.3 Å². The van der Waals surface area contributed by atoms with Gasteiger partial charge in [0.05, 0.1) is 11.2 Å². The Morgan fingerprint density at radius 3 is 2.03 bits per heavy atom. The molecule has 0 radical (unpaired) electrons. The molecule has 3 N–H and O–H groups in total. The fourth-order valence-corrected chi connectivity index (χ4v) is 3.51. The molecule has 4 rings (SSSR count). The van der Waals surface area contributed by atoms with E-state index in [0.717, 1.165) is 42.1 Å². The zero-order valence-electron chi connectivity index (χ0n) is 17.2. The minimum atomic E-state index is -0.594. The molecule has 2 aromatic carbocycles. The van der Waals surface area contributed by atoms with Crippen LogP contribution in [0.1, 0.15) is 44.6 Å². The summed E-state index contributed by atoms with van der Waals surface area (Å²) in [7, 11) is 3.72. The lowest BCUT2D eigenvalue weighted by Crippen LogP contribution is -2.09. The van der Waals surface area contributed by atoms with Crippen LogP contribution < -0.4 is 9.44 Å². The number of H-pyrrole nitrogens is 1. The van der Waals surface area contributed by atoms with Gasteiger partial charge in [0.15, 0.2) is 0 Å². The van der Waals surface area contributed by atoms with Gasteiger partial charge in [0.25, 0.3) is 0 Å². The molecule has 7 heteroatoms. The summed E-state index contributed by atoms with van der Waals surface area (Å²) in [6.07, 6.45) is 3.15. The van der Waals surface area contributed by atoms with E-state index in [1.807, 2.05) is 27.9 Å². The summed E-state index contributed by atoms with van der Waals surface area (Å²) < 4.78 is 46.5. The third-order valence-corrected chi connectivity index (χ3v) is 5.12. The zero-order valence-corrected chi connectivity index (χ0v) is 18.0. The van der Waals surface area contributed by atoms with Crippen LogP contribution in [0.5, 0.6) is 0 Å². The van der Waals surface area contributed by atoms with E-state index in [1.54, 1.807) is 12.1 Å². The van der Waals surface area contributed by atoms with Gasteiger partial charge in [0, 0.05) is 23.6 Å². The molecule has 0 unspecified atom stereocenters. The Bertz CT molecular complexity index is 904. The van der Waals surface area contributed by atoms with E-state index >= 15 is 0 Å². The third-order valence-electron chi connectivity index (χ3n) is 4.71. The van der Waals surface area contributed by atoms with Crippen LogP contribution >= 0.6 is 12.1 Å². The van der Waals surface area contributed by atoms with Crippen LogP contribution in [-0.4, -0.2) is 19.1 Å². The predicted octanol–water partition coefficient (Wildman–Crippen LogP) is 6.53. The number of nitrogens with one attached hydrogen (secondary N) is 3. The van der Waals surface area contributed by atoms with Crippen LogP contribution in [0, 0.1) is 17.5 Å². The highest BCUT2D eigenvalue weighted by molar-refractivity contribution is 7.95. The molecule has 0 atom stereocenters. The van der Waals surface area contributed by atoms with Gasteiger partial charge >= 0.3 is 0 Å². The van der Waals surface area contributed by atoms with Gasteiger partial charge in [-0.1, -0.05) is 20.3 Å². The molecule has 0 amide bonds. The second kappa shape index (κ2) is 11.3. The molecule has 0 spiro atoms. The van der Waals surface area contributed by atoms with Crippen molar-refractivity contribution in [2.45, 2.75) is 39.0 Å². The SMILES string of the molecule is CC.CNSNC.Fc1ccc(-c2[nH]c3c(F)cc(F)cc3c2C2CCC2)cc1. The van der Waals surface area contributed by atoms with E-state index < -0.39 is 11.6 Å². The minimum Gasteiger partial charge on any atom is -0.352 e. The quantitative estimate of drug-likeness (QED) is 0.418. The standard InChI is InChI=1S/C18H14F3N.C2H8N2S.C2H6/c19-12-6-4-11(5-7-12)17-16(10-2-1-3-10)14-8-13(20)9-15(21)18(14)22-17;1-3-5-4-2;1-2/h4-10,22H,1-3H2;3-4H,1-2H3;1-2H3. The van der Waals surface area contributed by atoms with Crippen molar-refractivity contribution in [2.75, 3.05) is 14.1 Å². The Kier molecular flexibility index (Phi) is 9.07. The number of aromatic amines is 1. The highest BCUT2D eigenvalue weighted by atomic mass is 32.2. The Labute approximate surface area is 174 Å². The molecule has 1 aliphatic rings. The number of hydrogen-bond donors (Lipinski definition) is 3. The molecule has 1 saturated carbocycles. The van der Waals surface area contributed by atoms with Crippen LogP contribution in [-0.2, 0) is 0 Å². The van der Waals surface area contributed by atoms with Crippen LogP contribution in [0.25, 0.3) is 22.2 Å². The molecular weight excluding hydrogens is 395 g/mol. The van der Waals surface area contributed by atoms with E-state index in [0.29, 0.717) is 16.8 Å². The van der Waals surface area contributed by atoms with Gasteiger partial charge in [0.2, 0.25) is 0 Å². The molecule has 1 aliphatic carbocycles. The number of benzene rings is 2. The van der Waals surface area contributed by atoms with Gasteiger partial charge in [-0.3, -0.25) is 9.44 Å². The largest absolute Gasteiger partial charge is 0.352 e. The monoisotopic (exact) mass is 423 g/mol. The number of rotatable bonds is 4. The van der Waals surface area contributed by atoms with Crippen LogP contribution in [0.15, 0.2) is 36.4 Å². The number of halogens is 3. The Hall–Kier alpha value is -1.96. The Balaban J connectivity index is 0.000000378. The molecule has 0 saturated heterocycles. The minimum absolute atomic E-state index is 0.301. The summed E-state index contributed by atoms with van der Waals surface area (Å²) in [6.45, 7) is 4.00. The maximum Gasteiger partial charge on any atom is 0.150 e. The summed E-state index contributed by atoms with van der Waals surface area (Å²) in [5, 5.41) is 0.599. The number of fused-ring (bicyclic) bond motifs is 1. The molecule has 1 fully saturated rings. The molecule has 158 valence electrons. The normalized spacial score (nSPS) is 13.2. The van der Waals surface area contributed by atoms with Crippen molar-refractivity contribution in [1.29, 1.82) is 0 Å². The lowest BCUT2D eigenvalue weighted by atomic mass is 9.78. The van der Waals surface area contributed by atoms with Crippen molar-refractivity contribution < 1.29 is 13.2 Å². The van der Waals surface area contributed by atoms with E-state index in [-0.39, 0.29) is 5.82 Å². The van der Waals surface area contributed by atoms with Gasteiger partial charge in [-0.25, -0.2) is 13.2 Å². The first-order valence-corrected chi connectivity index (χ1v) is 10.6. The molecule has 1 heterocycles. The van der Waals surface area contributed by atoms with E-state index in [4.69, 9.17) is 0 Å². The average molecular weight is 424 g/mol. The Morgan fingerprint density at radius 1 is 0.931 bits per heavy atom. The lowest BCUT2D eigenvalue weighted by Gasteiger charge is -2.26. The van der Waals surface area contributed by atoms with Gasteiger partial charge < -0.3 is 4.98 Å². The van der Waals surface area contributed by atoms with Crippen LogP contribution in [0.2, 0.25) is 0 Å². The maximum atomic E-state index is 14.1. The summed E-state index contributed by atoms with van der Waals surface area (Å²) in [6, 6.07) is 8.35. The first-order chi connectivity index (χ1) is 14.0. The third kappa shape index (κ3) is 5.56. The summed E-state index contributed by atoms with van der Waals surface area (Å²) in [5.74, 6) is -1.18. The molecule has 1 aromatic heterocycles. The van der Waals surface area contributed by atoms with E-state index in [2.05, 4.69) is 14.4 Å². The topological polar surface area (TPSA) is 39.8 Å². The summed E-state index contributed by atoms with van der Waals surface area (Å²) >= 11 is 1.46. The van der Waals surface area contributed by atoms with Gasteiger partial charge in [0.1, 0.15) is 17.5 Å². The number of hydrogen-bond acceptors (Lipinski definition) is 3. The molecule has 3 nitrogen and oxygen atoms in total. The lowest BCUT2D eigenvalue weighted by molar-refractivity contribution is 0.423.